The van der Waals surface area contributed by atoms with Gasteiger partial charge in [-0.25, -0.2) is 4.98 Å². The number of aromatic nitrogens is 1. The molecule has 1 aliphatic heterocycles. The van der Waals surface area contributed by atoms with Gasteiger partial charge >= 0.3 is 0 Å². The second-order valence-corrected chi connectivity index (χ2v) is 5.59. The molecule has 20 heavy (non-hydrogen) atoms. The molecule has 0 bridgehead atoms. The molecule has 0 aliphatic carbocycles. The number of nitrogens with one attached hydrogen (secondary N) is 3. The molecule has 0 spiro atoms. The Labute approximate surface area is 119 Å². The topological polar surface area (TPSA) is 89.0 Å². The van der Waals surface area contributed by atoms with Gasteiger partial charge < -0.3 is 14.6 Å². The molecule has 3 rings (SSSR count). The molecule has 1 saturated heterocycles. The average molecular weight is 287 g/mol. The van der Waals surface area contributed by atoms with Gasteiger partial charge in [0.05, 0.1) is 4.91 Å². The highest BCUT2D eigenvalue weighted by Crippen LogP contribution is 2.27. The predicted octanol–water partition coefficient (Wildman–Crippen LogP) is 2.48. The minimum atomic E-state index is 0.205. The van der Waals surface area contributed by atoms with Gasteiger partial charge in [0.2, 0.25) is 5.89 Å². The molecule has 102 valence electrons. The quantitative estimate of drug-likeness (QED) is 0.789. The lowest BCUT2D eigenvalue weighted by Crippen LogP contribution is -2.17. The molecule has 0 unspecified atom stereocenters. The second-order valence-electron chi connectivity index (χ2n) is 4.54. The molecule has 0 amide bonds. The summed E-state index contributed by atoms with van der Waals surface area (Å²) in [5, 5.41) is 18.0. The lowest BCUT2D eigenvalue weighted by atomic mass is 10.3. The van der Waals surface area contributed by atoms with E-state index in [1.54, 1.807) is 6.08 Å². The molecule has 1 aliphatic rings. The van der Waals surface area contributed by atoms with Gasteiger partial charge in [0.15, 0.2) is 10.8 Å². The molecule has 0 radical (unpaired) electrons. The largest absolute Gasteiger partial charge is 0.437 e. The lowest BCUT2D eigenvalue weighted by molar-refractivity contribution is 0.589. The monoisotopic (exact) mass is 287 g/mol. The molecule has 7 heteroatoms. The van der Waals surface area contributed by atoms with Crippen molar-refractivity contribution in [3.63, 3.8) is 0 Å². The summed E-state index contributed by atoms with van der Waals surface area (Å²) in [7, 11) is 3.93. The Kier molecular flexibility index (Phi) is 2.98. The van der Waals surface area contributed by atoms with Crippen molar-refractivity contribution in [2.45, 2.75) is 0 Å². The molecule has 0 saturated carbocycles. The zero-order valence-electron chi connectivity index (χ0n) is 11.0. The zero-order valence-corrected chi connectivity index (χ0v) is 11.8. The number of hydrogen-bond acceptors (Lipinski definition) is 6. The van der Waals surface area contributed by atoms with Crippen molar-refractivity contribution >= 4 is 45.6 Å². The molecule has 1 fully saturated rings. The Balaban J connectivity index is 1.99. The van der Waals surface area contributed by atoms with Crippen LogP contribution in [-0.4, -0.2) is 30.1 Å². The Morgan fingerprint density at radius 3 is 2.80 bits per heavy atom. The number of benzene rings is 1. The highest BCUT2D eigenvalue weighted by molar-refractivity contribution is 8.18. The lowest BCUT2D eigenvalue weighted by Gasteiger charge is -2.10. The van der Waals surface area contributed by atoms with Crippen LogP contribution in [0.4, 0.5) is 5.69 Å². The van der Waals surface area contributed by atoms with Gasteiger partial charge in [-0.15, -0.1) is 0 Å². The summed E-state index contributed by atoms with van der Waals surface area (Å²) in [6.07, 6.45) is 1.68. The predicted molar refractivity (Wildman–Crippen MR) is 82.5 cm³/mol. The van der Waals surface area contributed by atoms with E-state index in [0.29, 0.717) is 16.4 Å². The number of nitrogens with zero attached hydrogens (tertiary/aromatic N) is 2. The van der Waals surface area contributed by atoms with Crippen molar-refractivity contribution in [2.24, 2.45) is 0 Å². The van der Waals surface area contributed by atoms with E-state index in [0.717, 1.165) is 11.2 Å². The molecular formula is C13H13N5OS. The van der Waals surface area contributed by atoms with Crippen LogP contribution in [0.15, 0.2) is 27.5 Å². The van der Waals surface area contributed by atoms with Crippen LogP contribution < -0.4 is 10.2 Å². The second kappa shape index (κ2) is 4.68. The van der Waals surface area contributed by atoms with E-state index in [2.05, 4.69) is 10.3 Å². The first-order chi connectivity index (χ1) is 9.52. The molecule has 1 aromatic carbocycles. The van der Waals surface area contributed by atoms with Crippen molar-refractivity contribution in [2.75, 3.05) is 19.0 Å². The molecule has 3 N–H and O–H groups in total. The summed E-state index contributed by atoms with van der Waals surface area (Å²) in [5.41, 5.74) is 2.53. The number of amidine groups is 2. The average Bonchev–Trinajstić information content (AvgIpc) is 2.91. The fraction of sp³-hybridized carbons (Fsp3) is 0.154. The summed E-state index contributed by atoms with van der Waals surface area (Å²) in [4.78, 5) is 6.99. The van der Waals surface area contributed by atoms with Gasteiger partial charge in [0, 0.05) is 31.9 Å². The minimum Gasteiger partial charge on any atom is -0.437 e. The number of anilines is 1. The Morgan fingerprint density at radius 2 is 2.15 bits per heavy atom. The maximum absolute atomic E-state index is 7.69. The summed E-state index contributed by atoms with van der Waals surface area (Å²) >= 11 is 1.19. The van der Waals surface area contributed by atoms with Crippen molar-refractivity contribution in [1.82, 2.24) is 10.3 Å². The first-order valence-corrected chi connectivity index (χ1v) is 6.76. The van der Waals surface area contributed by atoms with Crippen LogP contribution in [0.2, 0.25) is 0 Å². The SMILES string of the molecule is CN(C)c1ccc2nc(/C=C3\SC(=N)NC3=N)oc2c1. The van der Waals surface area contributed by atoms with Crippen LogP contribution in [0, 0.1) is 10.8 Å². The van der Waals surface area contributed by atoms with E-state index in [1.165, 1.54) is 11.8 Å². The zero-order chi connectivity index (χ0) is 14.3. The molecule has 1 aromatic heterocycles. The van der Waals surface area contributed by atoms with Crippen molar-refractivity contribution in [1.29, 1.82) is 10.8 Å². The van der Waals surface area contributed by atoms with Crippen molar-refractivity contribution < 1.29 is 4.42 Å². The first kappa shape index (κ1) is 12.7. The van der Waals surface area contributed by atoms with Crippen molar-refractivity contribution in [3.8, 4) is 0 Å². The maximum Gasteiger partial charge on any atom is 0.221 e. The summed E-state index contributed by atoms with van der Waals surface area (Å²) in [6, 6.07) is 5.81. The third kappa shape index (κ3) is 2.27. The van der Waals surface area contributed by atoms with Gasteiger partial charge in [-0.1, -0.05) is 0 Å². The standard InChI is InChI=1S/C13H13N5OS/c1-18(2)7-3-4-8-9(5-7)19-11(16-8)6-10-12(14)17-13(15)20-10/h3-6H,1-2H3,(H3,14,15,17)/b10-6-. The van der Waals surface area contributed by atoms with E-state index in [4.69, 9.17) is 15.2 Å². The van der Waals surface area contributed by atoms with Crippen LogP contribution in [0.25, 0.3) is 17.2 Å². The molecule has 6 nitrogen and oxygen atoms in total. The summed E-state index contributed by atoms with van der Waals surface area (Å²) < 4.78 is 5.68. The fourth-order valence-electron chi connectivity index (χ4n) is 1.85. The van der Waals surface area contributed by atoms with Gasteiger partial charge in [-0.05, 0) is 23.9 Å². The Hall–Kier alpha value is -2.28. The molecular weight excluding hydrogens is 274 g/mol. The van der Waals surface area contributed by atoms with Gasteiger partial charge in [0.1, 0.15) is 11.4 Å². The fourth-order valence-corrected chi connectivity index (χ4v) is 2.53. The Bertz CT molecular complexity index is 746. The van der Waals surface area contributed by atoms with E-state index >= 15 is 0 Å². The van der Waals surface area contributed by atoms with E-state index < -0.39 is 0 Å². The van der Waals surface area contributed by atoms with Gasteiger partial charge in [-0.3, -0.25) is 10.8 Å². The smallest absolute Gasteiger partial charge is 0.221 e. The van der Waals surface area contributed by atoms with Crippen LogP contribution in [-0.2, 0) is 0 Å². The van der Waals surface area contributed by atoms with Gasteiger partial charge in [-0.2, -0.15) is 0 Å². The van der Waals surface area contributed by atoms with Crippen LogP contribution in [0.3, 0.4) is 0 Å². The van der Waals surface area contributed by atoms with Crippen molar-refractivity contribution in [3.05, 3.63) is 29.0 Å². The number of fused-ring (bicyclic) bond motifs is 1. The number of hydrogen-bond donors (Lipinski definition) is 3. The number of thioether (sulfide) groups is 1. The van der Waals surface area contributed by atoms with E-state index in [1.807, 2.05) is 37.2 Å². The van der Waals surface area contributed by atoms with E-state index in [-0.39, 0.29) is 11.0 Å². The molecule has 2 aromatic rings. The van der Waals surface area contributed by atoms with Crippen LogP contribution in [0.5, 0.6) is 0 Å². The minimum absolute atomic E-state index is 0.205. The molecule has 2 heterocycles. The van der Waals surface area contributed by atoms with Crippen LogP contribution in [0.1, 0.15) is 5.89 Å². The highest BCUT2D eigenvalue weighted by atomic mass is 32.2. The van der Waals surface area contributed by atoms with E-state index in [9.17, 15) is 0 Å². The number of rotatable bonds is 2. The highest BCUT2D eigenvalue weighted by Gasteiger charge is 2.20. The normalized spacial score (nSPS) is 17.0. The third-order valence-corrected chi connectivity index (χ3v) is 3.70. The van der Waals surface area contributed by atoms with Gasteiger partial charge in [0.25, 0.3) is 0 Å². The van der Waals surface area contributed by atoms with Crippen LogP contribution >= 0.6 is 11.8 Å². The Morgan fingerprint density at radius 1 is 1.35 bits per heavy atom. The summed E-state index contributed by atoms with van der Waals surface area (Å²) in [5.74, 6) is 0.649. The molecule has 0 atom stereocenters. The first-order valence-electron chi connectivity index (χ1n) is 5.95. The number of oxazole rings is 1. The summed E-state index contributed by atoms with van der Waals surface area (Å²) in [6.45, 7) is 0. The maximum atomic E-state index is 7.69. The third-order valence-electron chi connectivity index (χ3n) is 2.86.